The quantitative estimate of drug-likeness (QED) is 0.847. The smallest absolute Gasteiger partial charge is 0.268 e. The van der Waals surface area contributed by atoms with Gasteiger partial charge >= 0.3 is 0 Å². The highest BCUT2D eigenvalue weighted by Crippen LogP contribution is 2.44. The molecule has 0 spiro atoms. The molecule has 0 saturated carbocycles. The van der Waals surface area contributed by atoms with Crippen LogP contribution in [0.1, 0.15) is 54.0 Å². The first-order valence-electron chi connectivity index (χ1n) is 8.25. The van der Waals surface area contributed by atoms with Gasteiger partial charge in [-0.25, -0.2) is 12.4 Å². The van der Waals surface area contributed by atoms with Gasteiger partial charge in [-0.15, -0.1) is 0 Å². The van der Waals surface area contributed by atoms with Crippen molar-refractivity contribution >= 4 is 15.8 Å². The summed E-state index contributed by atoms with van der Waals surface area (Å²) >= 11 is 0. The average molecular weight is 345 g/mol. The topological polar surface area (TPSA) is 56.1 Å². The van der Waals surface area contributed by atoms with Crippen LogP contribution in [0, 0.1) is 25.7 Å². The van der Waals surface area contributed by atoms with Gasteiger partial charge in [0.2, 0.25) is 0 Å². The third-order valence-electron chi connectivity index (χ3n) is 4.98. The lowest BCUT2D eigenvalue weighted by atomic mass is 9.84. The first-order chi connectivity index (χ1) is 11.2. The zero-order chi connectivity index (χ0) is 17.8. The molecule has 1 aliphatic carbocycles. The molecule has 0 bridgehead atoms. The molecule has 0 amide bonds. The van der Waals surface area contributed by atoms with Crippen molar-refractivity contribution < 1.29 is 13.2 Å². The number of hydrogen-bond acceptors (Lipinski definition) is 3. The zero-order valence-corrected chi connectivity index (χ0v) is 15.5. The van der Waals surface area contributed by atoms with Crippen molar-refractivity contribution in [3.8, 4) is 0 Å². The molecule has 1 aliphatic rings. The van der Waals surface area contributed by atoms with Crippen molar-refractivity contribution in [2.45, 2.75) is 45.4 Å². The van der Waals surface area contributed by atoms with Gasteiger partial charge in [-0.1, -0.05) is 38.5 Å². The lowest BCUT2D eigenvalue weighted by Gasteiger charge is -2.19. The summed E-state index contributed by atoms with van der Waals surface area (Å²) in [5.41, 5.74) is 2.80. The highest BCUT2D eigenvalue weighted by atomic mass is 32.2. The van der Waals surface area contributed by atoms with Crippen molar-refractivity contribution in [2.24, 2.45) is 11.8 Å². The highest BCUT2D eigenvalue weighted by Gasteiger charge is 2.43. The van der Waals surface area contributed by atoms with Gasteiger partial charge in [0.25, 0.3) is 10.0 Å². The van der Waals surface area contributed by atoms with Crippen LogP contribution in [-0.4, -0.2) is 18.2 Å². The molecule has 0 saturated heterocycles. The average Bonchev–Trinajstić information content (AvgIpc) is 2.94. The normalized spacial score (nSPS) is 20.7. The van der Waals surface area contributed by atoms with Gasteiger partial charge in [-0.3, -0.25) is 4.79 Å². The standard InChI is InChI=1S/C19H23NO3S/c1-11(2)17-14(5)19(21)18-16(17)10-13(4)20(18)24(22,23)15-8-6-12(3)7-9-15/h6-11,14,17H,1-5H3/t14-,17+/m1/s1. The third kappa shape index (κ3) is 2.34. The van der Waals surface area contributed by atoms with Crippen LogP contribution in [-0.2, 0) is 10.0 Å². The molecule has 2 atom stereocenters. The number of benzene rings is 1. The van der Waals surface area contributed by atoms with E-state index < -0.39 is 10.0 Å². The van der Waals surface area contributed by atoms with E-state index in [-0.39, 0.29) is 28.4 Å². The predicted molar refractivity (Wildman–Crippen MR) is 94.0 cm³/mol. The lowest BCUT2D eigenvalue weighted by molar-refractivity contribution is 0.0918. The highest BCUT2D eigenvalue weighted by molar-refractivity contribution is 7.90. The molecule has 1 aromatic carbocycles. The van der Waals surface area contributed by atoms with Crippen molar-refractivity contribution in [1.29, 1.82) is 0 Å². The summed E-state index contributed by atoms with van der Waals surface area (Å²) in [6.07, 6.45) is 0. The molecule has 24 heavy (non-hydrogen) atoms. The summed E-state index contributed by atoms with van der Waals surface area (Å²) in [7, 11) is -3.78. The van der Waals surface area contributed by atoms with Crippen LogP contribution in [0.5, 0.6) is 0 Å². The Hall–Kier alpha value is -1.88. The van der Waals surface area contributed by atoms with Crippen LogP contribution >= 0.6 is 0 Å². The number of ketones is 1. The fourth-order valence-corrected chi connectivity index (χ4v) is 5.41. The van der Waals surface area contributed by atoms with Gasteiger partial charge in [0.1, 0.15) is 5.69 Å². The fourth-order valence-electron chi connectivity index (χ4n) is 3.85. The molecule has 1 aromatic heterocycles. The molecule has 5 heteroatoms. The van der Waals surface area contributed by atoms with Crippen LogP contribution in [0.25, 0.3) is 0 Å². The van der Waals surface area contributed by atoms with E-state index in [1.807, 2.05) is 19.9 Å². The van der Waals surface area contributed by atoms with Gasteiger partial charge in [0.05, 0.1) is 4.90 Å². The zero-order valence-electron chi connectivity index (χ0n) is 14.7. The molecule has 0 radical (unpaired) electrons. The fraction of sp³-hybridized carbons (Fsp3) is 0.421. The van der Waals surface area contributed by atoms with Gasteiger partial charge in [-0.05, 0) is 49.4 Å². The maximum atomic E-state index is 13.1. The van der Waals surface area contributed by atoms with Crippen molar-refractivity contribution in [3.63, 3.8) is 0 Å². The number of rotatable bonds is 3. The van der Waals surface area contributed by atoms with Gasteiger partial charge in [0, 0.05) is 11.6 Å². The molecule has 0 unspecified atom stereocenters. The second-order valence-corrected chi connectivity index (χ2v) is 8.88. The second-order valence-electron chi connectivity index (χ2n) is 7.09. The number of carbonyl (C=O) groups excluding carboxylic acids is 1. The molecule has 0 fully saturated rings. The van der Waals surface area contributed by atoms with Crippen LogP contribution in [0.2, 0.25) is 0 Å². The van der Waals surface area contributed by atoms with E-state index in [2.05, 4.69) is 13.8 Å². The summed E-state index contributed by atoms with van der Waals surface area (Å²) in [5, 5.41) is 0. The lowest BCUT2D eigenvalue weighted by Crippen LogP contribution is -2.21. The summed E-state index contributed by atoms with van der Waals surface area (Å²) in [6, 6.07) is 8.60. The van der Waals surface area contributed by atoms with Crippen LogP contribution < -0.4 is 0 Å². The Morgan fingerprint density at radius 2 is 1.67 bits per heavy atom. The molecule has 2 aromatic rings. The number of Topliss-reactive ketones (excluding diaryl/α,β-unsaturated/α-hetero) is 1. The van der Waals surface area contributed by atoms with E-state index in [9.17, 15) is 13.2 Å². The van der Waals surface area contributed by atoms with Crippen LogP contribution in [0.3, 0.4) is 0 Å². The van der Waals surface area contributed by atoms with Crippen LogP contribution in [0.15, 0.2) is 35.2 Å². The summed E-state index contributed by atoms with van der Waals surface area (Å²) in [6.45, 7) is 9.70. The first kappa shape index (κ1) is 17.0. The summed E-state index contributed by atoms with van der Waals surface area (Å²) < 4.78 is 27.5. The number of aromatic nitrogens is 1. The largest absolute Gasteiger partial charge is 0.292 e. The van der Waals surface area contributed by atoms with E-state index in [0.717, 1.165) is 11.1 Å². The molecule has 0 N–H and O–H groups in total. The third-order valence-corrected chi connectivity index (χ3v) is 6.80. The van der Waals surface area contributed by atoms with E-state index >= 15 is 0 Å². The summed E-state index contributed by atoms with van der Waals surface area (Å²) in [5.74, 6) is 0.0887. The van der Waals surface area contributed by atoms with E-state index in [4.69, 9.17) is 0 Å². The predicted octanol–water partition coefficient (Wildman–Crippen LogP) is 3.91. The Morgan fingerprint density at radius 1 is 1.08 bits per heavy atom. The Morgan fingerprint density at radius 3 is 2.21 bits per heavy atom. The minimum absolute atomic E-state index is 0.0701. The monoisotopic (exact) mass is 345 g/mol. The van der Waals surface area contributed by atoms with Gasteiger partial charge < -0.3 is 0 Å². The Kier molecular flexibility index (Phi) is 3.95. The molecule has 4 nitrogen and oxygen atoms in total. The molecule has 1 heterocycles. The van der Waals surface area contributed by atoms with E-state index in [0.29, 0.717) is 11.4 Å². The Balaban J connectivity index is 2.23. The van der Waals surface area contributed by atoms with E-state index in [1.165, 1.54) is 3.97 Å². The molecular weight excluding hydrogens is 322 g/mol. The summed E-state index contributed by atoms with van der Waals surface area (Å²) in [4.78, 5) is 13.0. The number of carbonyl (C=O) groups is 1. The minimum atomic E-state index is -3.78. The molecule has 128 valence electrons. The second kappa shape index (κ2) is 5.59. The first-order valence-corrected chi connectivity index (χ1v) is 9.69. The van der Waals surface area contributed by atoms with Crippen molar-refractivity contribution in [2.75, 3.05) is 0 Å². The van der Waals surface area contributed by atoms with E-state index in [1.54, 1.807) is 31.2 Å². The molecular formula is C19H23NO3S. The Bertz CT molecular complexity index is 905. The van der Waals surface area contributed by atoms with Gasteiger partial charge in [0.15, 0.2) is 5.78 Å². The number of aryl methyl sites for hydroxylation is 2. The maximum absolute atomic E-state index is 13.1. The maximum Gasteiger partial charge on any atom is 0.268 e. The van der Waals surface area contributed by atoms with Crippen LogP contribution in [0.4, 0.5) is 0 Å². The number of hydrogen-bond donors (Lipinski definition) is 0. The number of fused-ring (bicyclic) bond motifs is 1. The SMILES string of the molecule is Cc1ccc(S(=O)(=O)n2c(C)cc3c2C(=O)[C@H](C)[C@@H]3C(C)C)cc1. The van der Waals surface area contributed by atoms with Gasteiger partial charge in [-0.2, -0.15) is 0 Å². The van der Waals surface area contributed by atoms with Crippen molar-refractivity contribution in [3.05, 3.63) is 52.8 Å². The molecule has 3 rings (SSSR count). The van der Waals surface area contributed by atoms with Crippen molar-refractivity contribution in [1.82, 2.24) is 3.97 Å². The minimum Gasteiger partial charge on any atom is -0.292 e. The molecule has 0 aliphatic heterocycles. The Labute approximate surface area is 143 Å². The number of nitrogens with zero attached hydrogens (tertiary/aromatic N) is 1.